The van der Waals surface area contributed by atoms with E-state index in [0.29, 0.717) is 6.54 Å². The Morgan fingerprint density at radius 1 is 1.64 bits per heavy atom. The van der Waals surface area contributed by atoms with Gasteiger partial charge >= 0.3 is 0 Å². The van der Waals surface area contributed by atoms with E-state index in [0.717, 1.165) is 26.2 Å². The lowest BCUT2D eigenvalue weighted by Crippen LogP contribution is -2.46. The molecule has 0 aromatic carbocycles. The summed E-state index contributed by atoms with van der Waals surface area (Å²) < 4.78 is 5.52. The SMILES string of the molecule is CN1CCOC(CNC[C@H](O)CO)C1. The number of likely N-dealkylation sites (N-methyl/N-ethyl adjacent to an activating group) is 1. The molecule has 0 aromatic rings. The molecule has 1 rings (SSSR count). The lowest BCUT2D eigenvalue weighted by atomic mass is 10.2. The monoisotopic (exact) mass is 204 g/mol. The van der Waals surface area contributed by atoms with Gasteiger partial charge in [0.15, 0.2) is 0 Å². The Labute approximate surface area is 84.7 Å². The van der Waals surface area contributed by atoms with Crippen LogP contribution in [0.15, 0.2) is 0 Å². The van der Waals surface area contributed by atoms with E-state index in [2.05, 4.69) is 17.3 Å². The molecule has 14 heavy (non-hydrogen) atoms. The Bertz CT molecular complexity index is 157. The molecule has 1 aliphatic rings. The molecule has 1 fully saturated rings. The summed E-state index contributed by atoms with van der Waals surface area (Å²) in [6.45, 7) is 3.61. The highest BCUT2D eigenvalue weighted by atomic mass is 16.5. The zero-order valence-corrected chi connectivity index (χ0v) is 8.65. The van der Waals surface area contributed by atoms with Crippen LogP contribution in [0, 0.1) is 0 Å². The summed E-state index contributed by atoms with van der Waals surface area (Å²) in [7, 11) is 2.07. The molecule has 84 valence electrons. The first-order chi connectivity index (χ1) is 6.72. The zero-order valence-electron chi connectivity index (χ0n) is 8.65. The van der Waals surface area contributed by atoms with Crippen molar-refractivity contribution in [2.24, 2.45) is 0 Å². The molecule has 0 radical (unpaired) electrons. The van der Waals surface area contributed by atoms with Gasteiger partial charge in [-0.15, -0.1) is 0 Å². The third kappa shape index (κ3) is 4.34. The molecule has 2 atom stereocenters. The van der Waals surface area contributed by atoms with Crippen LogP contribution in [-0.2, 0) is 4.74 Å². The predicted molar refractivity (Wildman–Crippen MR) is 53.2 cm³/mol. The van der Waals surface area contributed by atoms with Crippen molar-refractivity contribution >= 4 is 0 Å². The second kappa shape index (κ2) is 6.31. The van der Waals surface area contributed by atoms with Crippen LogP contribution < -0.4 is 5.32 Å². The molecule has 5 nitrogen and oxygen atoms in total. The van der Waals surface area contributed by atoms with Crippen LogP contribution in [-0.4, -0.2) is 73.8 Å². The summed E-state index contributed by atoms with van der Waals surface area (Å²) in [6, 6.07) is 0. The van der Waals surface area contributed by atoms with Gasteiger partial charge in [-0.3, -0.25) is 0 Å². The first-order valence-electron chi connectivity index (χ1n) is 5.02. The minimum Gasteiger partial charge on any atom is -0.394 e. The van der Waals surface area contributed by atoms with Gasteiger partial charge in [0.1, 0.15) is 0 Å². The number of aliphatic hydroxyl groups is 2. The summed E-state index contributed by atoms with van der Waals surface area (Å²) in [5.41, 5.74) is 0. The van der Waals surface area contributed by atoms with Crippen LogP contribution in [0.25, 0.3) is 0 Å². The Kier molecular flexibility index (Phi) is 5.36. The van der Waals surface area contributed by atoms with Crippen molar-refractivity contribution in [1.29, 1.82) is 0 Å². The average molecular weight is 204 g/mol. The van der Waals surface area contributed by atoms with Crippen molar-refractivity contribution in [3.8, 4) is 0 Å². The first-order valence-corrected chi connectivity index (χ1v) is 5.02. The van der Waals surface area contributed by atoms with E-state index in [1.807, 2.05) is 0 Å². The minimum absolute atomic E-state index is 0.194. The van der Waals surface area contributed by atoms with Crippen molar-refractivity contribution in [1.82, 2.24) is 10.2 Å². The third-order valence-electron chi connectivity index (χ3n) is 2.30. The number of rotatable bonds is 5. The zero-order chi connectivity index (χ0) is 10.4. The van der Waals surface area contributed by atoms with E-state index in [1.54, 1.807) is 0 Å². The van der Waals surface area contributed by atoms with Gasteiger partial charge in [-0.05, 0) is 7.05 Å². The fourth-order valence-corrected chi connectivity index (χ4v) is 1.47. The number of hydrogen-bond donors (Lipinski definition) is 3. The maximum Gasteiger partial charge on any atom is 0.0894 e. The number of morpholine rings is 1. The predicted octanol–water partition coefficient (Wildman–Crippen LogP) is -1.74. The molecule has 1 unspecified atom stereocenters. The van der Waals surface area contributed by atoms with Crippen LogP contribution in [0.3, 0.4) is 0 Å². The van der Waals surface area contributed by atoms with Gasteiger partial charge in [-0.1, -0.05) is 0 Å². The Balaban J connectivity index is 2.05. The normalized spacial score (nSPS) is 26.4. The highest BCUT2D eigenvalue weighted by Crippen LogP contribution is 2.01. The number of nitrogens with zero attached hydrogens (tertiary/aromatic N) is 1. The molecule has 1 aliphatic heterocycles. The molecular weight excluding hydrogens is 184 g/mol. The highest BCUT2D eigenvalue weighted by molar-refractivity contribution is 4.71. The number of hydrogen-bond acceptors (Lipinski definition) is 5. The van der Waals surface area contributed by atoms with Crippen LogP contribution >= 0.6 is 0 Å². The maximum atomic E-state index is 9.08. The lowest BCUT2D eigenvalue weighted by molar-refractivity contribution is -0.0197. The fraction of sp³-hybridized carbons (Fsp3) is 1.00. The largest absolute Gasteiger partial charge is 0.394 e. The van der Waals surface area contributed by atoms with Crippen molar-refractivity contribution < 1.29 is 14.9 Å². The van der Waals surface area contributed by atoms with Gasteiger partial charge in [0.25, 0.3) is 0 Å². The highest BCUT2D eigenvalue weighted by Gasteiger charge is 2.17. The van der Waals surface area contributed by atoms with E-state index in [1.165, 1.54) is 0 Å². The van der Waals surface area contributed by atoms with Crippen LogP contribution in [0.1, 0.15) is 0 Å². The average Bonchev–Trinajstić information content (AvgIpc) is 2.17. The van der Waals surface area contributed by atoms with Crippen LogP contribution in [0.2, 0.25) is 0 Å². The molecular formula is C9H20N2O3. The van der Waals surface area contributed by atoms with Crippen molar-refractivity contribution in [2.45, 2.75) is 12.2 Å². The smallest absolute Gasteiger partial charge is 0.0894 e. The summed E-state index contributed by atoms with van der Waals surface area (Å²) in [6.07, 6.45) is -0.476. The lowest BCUT2D eigenvalue weighted by Gasteiger charge is -2.30. The molecule has 0 saturated carbocycles. The number of nitrogens with one attached hydrogen (secondary N) is 1. The first kappa shape index (κ1) is 11.9. The van der Waals surface area contributed by atoms with Gasteiger partial charge in [-0.25, -0.2) is 0 Å². The third-order valence-corrected chi connectivity index (χ3v) is 2.30. The quantitative estimate of drug-likeness (QED) is 0.496. The van der Waals surface area contributed by atoms with E-state index in [4.69, 9.17) is 14.9 Å². The summed E-state index contributed by atoms with van der Waals surface area (Å²) in [5, 5.41) is 20.7. The van der Waals surface area contributed by atoms with Crippen molar-refractivity contribution in [3.05, 3.63) is 0 Å². The van der Waals surface area contributed by atoms with E-state index < -0.39 is 6.10 Å². The molecule has 3 N–H and O–H groups in total. The number of ether oxygens (including phenoxy) is 1. The Morgan fingerprint density at radius 2 is 2.43 bits per heavy atom. The second-order valence-corrected chi connectivity index (χ2v) is 3.75. The molecule has 5 heteroatoms. The number of aliphatic hydroxyl groups excluding tert-OH is 2. The molecule has 0 spiro atoms. The minimum atomic E-state index is -0.670. The fourth-order valence-electron chi connectivity index (χ4n) is 1.47. The van der Waals surface area contributed by atoms with Gasteiger partial charge < -0.3 is 25.2 Å². The topological polar surface area (TPSA) is 65.0 Å². The summed E-state index contributed by atoms with van der Waals surface area (Å²) in [4.78, 5) is 2.22. The van der Waals surface area contributed by atoms with Gasteiger partial charge in [0.2, 0.25) is 0 Å². The second-order valence-electron chi connectivity index (χ2n) is 3.75. The van der Waals surface area contributed by atoms with E-state index >= 15 is 0 Å². The maximum absolute atomic E-state index is 9.08. The van der Waals surface area contributed by atoms with Crippen LogP contribution in [0.4, 0.5) is 0 Å². The van der Waals surface area contributed by atoms with E-state index in [9.17, 15) is 0 Å². The van der Waals surface area contributed by atoms with Gasteiger partial charge in [-0.2, -0.15) is 0 Å². The van der Waals surface area contributed by atoms with Gasteiger partial charge in [0, 0.05) is 26.2 Å². The molecule has 1 heterocycles. The molecule has 0 amide bonds. The summed E-state index contributed by atoms with van der Waals surface area (Å²) in [5.74, 6) is 0. The van der Waals surface area contributed by atoms with Crippen LogP contribution in [0.5, 0.6) is 0 Å². The van der Waals surface area contributed by atoms with Crippen molar-refractivity contribution in [3.63, 3.8) is 0 Å². The standard InChI is InChI=1S/C9H20N2O3/c1-11-2-3-14-9(6-11)5-10-4-8(13)7-12/h8-10,12-13H,2-7H2,1H3/t8-,9?/m0/s1. The Hall–Kier alpha value is -0.200. The Morgan fingerprint density at radius 3 is 3.07 bits per heavy atom. The van der Waals surface area contributed by atoms with Gasteiger partial charge in [0.05, 0.1) is 25.4 Å². The molecule has 0 aromatic heterocycles. The summed E-state index contributed by atoms with van der Waals surface area (Å²) >= 11 is 0. The molecule has 0 aliphatic carbocycles. The molecule has 1 saturated heterocycles. The van der Waals surface area contributed by atoms with E-state index in [-0.39, 0.29) is 12.7 Å². The molecule has 0 bridgehead atoms. The van der Waals surface area contributed by atoms with Crippen molar-refractivity contribution in [2.75, 3.05) is 46.4 Å².